The van der Waals surface area contributed by atoms with Crippen LogP contribution in [0, 0.1) is 11.3 Å². The number of hydrogen-bond acceptors (Lipinski definition) is 2. The van der Waals surface area contributed by atoms with Crippen LogP contribution in [0.15, 0.2) is 0 Å². The van der Waals surface area contributed by atoms with Crippen LogP contribution >= 0.6 is 0 Å². The Hall–Kier alpha value is -0.0800. The SMILES string of the molecule is CC(C)CCNCCN(C)C1CCC(C)(C)CC1. The zero-order valence-corrected chi connectivity index (χ0v) is 13.3. The molecule has 2 heteroatoms. The van der Waals surface area contributed by atoms with Gasteiger partial charge in [0.2, 0.25) is 0 Å². The van der Waals surface area contributed by atoms with Crippen molar-refractivity contribution < 1.29 is 0 Å². The van der Waals surface area contributed by atoms with Crippen molar-refractivity contribution in [3.8, 4) is 0 Å². The van der Waals surface area contributed by atoms with Crippen LogP contribution in [0.25, 0.3) is 0 Å². The first kappa shape index (κ1) is 16.0. The highest BCUT2D eigenvalue weighted by Gasteiger charge is 2.28. The second kappa shape index (κ2) is 7.49. The van der Waals surface area contributed by atoms with E-state index in [4.69, 9.17) is 0 Å². The monoisotopic (exact) mass is 254 g/mol. The molecule has 1 rings (SSSR count). The molecule has 108 valence electrons. The Kier molecular flexibility index (Phi) is 6.65. The van der Waals surface area contributed by atoms with Crippen LogP contribution in [-0.4, -0.2) is 37.6 Å². The Bertz CT molecular complexity index is 213. The fourth-order valence-corrected chi connectivity index (χ4v) is 2.78. The van der Waals surface area contributed by atoms with Gasteiger partial charge in [-0.25, -0.2) is 0 Å². The summed E-state index contributed by atoms with van der Waals surface area (Å²) in [4.78, 5) is 2.57. The number of rotatable bonds is 7. The Morgan fingerprint density at radius 3 is 2.33 bits per heavy atom. The fourth-order valence-electron chi connectivity index (χ4n) is 2.78. The maximum Gasteiger partial charge on any atom is 0.0107 e. The second-order valence-corrected chi connectivity index (χ2v) is 7.31. The largest absolute Gasteiger partial charge is 0.315 e. The molecule has 0 atom stereocenters. The molecule has 0 aromatic carbocycles. The molecule has 2 nitrogen and oxygen atoms in total. The number of hydrogen-bond donors (Lipinski definition) is 1. The van der Waals surface area contributed by atoms with Crippen molar-refractivity contribution in [1.82, 2.24) is 10.2 Å². The fraction of sp³-hybridized carbons (Fsp3) is 1.00. The highest BCUT2D eigenvalue weighted by molar-refractivity contribution is 4.82. The van der Waals surface area contributed by atoms with Crippen LogP contribution in [0.5, 0.6) is 0 Å². The van der Waals surface area contributed by atoms with E-state index in [1.807, 2.05) is 0 Å². The van der Waals surface area contributed by atoms with Crippen LogP contribution in [0.3, 0.4) is 0 Å². The van der Waals surface area contributed by atoms with Gasteiger partial charge in [0.05, 0.1) is 0 Å². The maximum atomic E-state index is 3.56. The van der Waals surface area contributed by atoms with E-state index in [0.717, 1.165) is 18.5 Å². The predicted octanol–water partition coefficient (Wildman–Crippen LogP) is 3.52. The lowest BCUT2D eigenvalue weighted by atomic mass is 9.75. The molecule has 1 fully saturated rings. The second-order valence-electron chi connectivity index (χ2n) is 7.31. The predicted molar refractivity (Wildman–Crippen MR) is 81.0 cm³/mol. The Balaban J connectivity index is 2.08. The van der Waals surface area contributed by atoms with E-state index in [-0.39, 0.29) is 0 Å². The smallest absolute Gasteiger partial charge is 0.0107 e. The Morgan fingerprint density at radius 1 is 1.17 bits per heavy atom. The van der Waals surface area contributed by atoms with Crippen molar-refractivity contribution in [2.24, 2.45) is 11.3 Å². The lowest BCUT2D eigenvalue weighted by Gasteiger charge is -2.38. The molecule has 0 radical (unpaired) electrons. The molecule has 0 heterocycles. The molecule has 0 aliphatic heterocycles. The first-order valence-corrected chi connectivity index (χ1v) is 7.82. The summed E-state index contributed by atoms with van der Waals surface area (Å²) in [6, 6.07) is 0.824. The van der Waals surface area contributed by atoms with Crippen molar-refractivity contribution in [3.05, 3.63) is 0 Å². The maximum absolute atomic E-state index is 3.56. The van der Waals surface area contributed by atoms with Gasteiger partial charge in [0.1, 0.15) is 0 Å². The minimum absolute atomic E-state index is 0.590. The molecular formula is C16H34N2. The molecule has 1 aliphatic rings. The molecule has 0 aromatic rings. The van der Waals surface area contributed by atoms with Crippen LogP contribution in [0.4, 0.5) is 0 Å². The van der Waals surface area contributed by atoms with Crippen LogP contribution < -0.4 is 5.32 Å². The van der Waals surface area contributed by atoms with Gasteiger partial charge in [-0.1, -0.05) is 27.7 Å². The number of nitrogens with one attached hydrogen (secondary N) is 1. The van der Waals surface area contributed by atoms with Gasteiger partial charge >= 0.3 is 0 Å². The third-order valence-electron chi connectivity index (χ3n) is 4.47. The summed E-state index contributed by atoms with van der Waals surface area (Å²) in [5.41, 5.74) is 0.590. The van der Waals surface area contributed by atoms with Gasteiger partial charge < -0.3 is 10.2 Å². The van der Waals surface area contributed by atoms with Crippen LogP contribution in [0.2, 0.25) is 0 Å². The van der Waals surface area contributed by atoms with Crippen molar-refractivity contribution in [2.75, 3.05) is 26.7 Å². The van der Waals surface area contributed by atoms with Crippen molar-refractivity contribution in [2.45, 2.75) is 65.8 Å². The summed E-state index contributed by atoms with van der Waals surface area (Å²) < 4.78 is 0. The molecule has 0 saturated heterocycles. The highest BCUT2D eigenvalue weighted by atomic mass is 15.1. The summed E-state index contributed by atoms with van der Waals surface area (Å²) in [7, 11) is 2.30. The average molecular weight is 254 g/mol. The summed E-state index contributed by atoms with van der Waals surface area (Å²) in [6.45, 7) is 12.9. The molecule has 0 aromatic heterocycles. The lowest BCUT2D eigenvalue weighted by molar-refractivity contribution is 0.128. The normalized spacial score (nSPS) is 20.8. The van der Waals surface area contributed by atoms with E-state index in [9.17, 15) is 0 Å². The summed E-state index contributed by atoms with van der Waals surface area (Å²) >= 11 is 0. The van der Waals surface area contributed by atoms with E-state index >= 15 is 0 Å². The molecule has 1 aliphatic carbocycles. The van der Waals surface area contributed by atoms with E-state index in [1.54, 1.807) is 0 Å². The Labute approximate surface area is 115 Å². The van der Waals surface area contributed by atoms with Crippen LogP contribution in [0.1, 0.15) is 59.8 Å². The lowest BCUT2D eigenvalue weighted by Crippen LogP contribution is -2.40. The van der Waals surface area contributed by atoms with E-state index < -0.39 is 0 Å². The zero-order valence-electron chi connectivity index (χ0n) is 13.3. The molecule has 0 amide bonds. The molecule has 0 unspecified atom stereocenters. The average Bonchev–Trinajstić information content (AvgIpc) is 2.27. The summed E-state index contributed by atoms with van der Waals surface area (Å²) in [5, 5.41) is 3.56. The molecular weight excluding hydrogens is 220 g/mol. The molecule has 0 bridgehead atoms. The quantitative estimate of drug-likeness (QED) is 0.699. The van der Waals surface area contributed by atoms with Gasteiger partial charge in [0.25, 0.3) is 0 Å². The van der Waals surface area contributed by atoms with Gasteiger partial charge in [0, 0.05) is 19.1 Å². The van der Waals surface area contributed by atoms with Gasteiger partial charge in [0.15, 0.2) is 0 Å². The van der Waals surface area contributed by atoms with Crippen molar-refractivity contribution >= 4 is 0 Å². The van der Waals surface area contributed by atoms with Gasteiger partial charge in [-0.15, -0.1) is 0 Å². The first-order valence-electron chi connectivity index (χ1n) is 7.82. The molecule has 18 heavy (non-hydrogen) atoms. The molecule has 1 N–H and O–H groups in total. The van der Waals surface area contributed by atoms with E-state index in [1.165, 1.54) is 45.2 Å². The van der Waals surface area contributed by atoms with Gasteiger partial charge in [-0.3, -0.25) is 0 Å². The topological polar surface area (TPSA) is 15.3 Å². The Morgan fingerprint density at radius 2 is 1.78 bits per heavy atom. The summed E-state index contributed by atoms with van der Waals surface area (Å²) in [5.74, 6) is 0.816. The third kappa shape index (κ3) is 6.19. The standard InChI is InChI=1S/C16H34N2/c1-14(2)8-11-17-12-13-18(5)15-6-9-16(3,4)10-7-15/h14-15,17H,6-13H2,1-5H3. The van der Waals surface area contributed by atoms with Crippen LogP contribution in [-0.2, 0) is 0 Å². The molecule has 1 saturated carbocycles. The minimum Gasteiger partial charge on any atom is -0.315 e. The summed E-state index contributed by atoms with van der Waals surface area (Å²) in [6.07, 6.45) is 6.85. The van der Waals surface area contributed by atoms with Crippen molar-refractivity contribution in [3.63, 3.8) is 0 Å². The minimum atomic E-state index is 0.590. The zero-order chi connectivity index (χ0) is 13.6. The van der Waals surface area contributed by atoms with Gasteiger partial charge in [-0.05, 0) is 57.0 Å². The van der Waals surface area contributed by atoms with Gasteiger partial charge in [-0.2, -0.15) is 0 Å². The third-order valence-corrected chi connectivity index (χ3v) is 4.47. The van der Waals surface area contributed by atoms with Crippen molar-refractivity contribution in [1.29, 1.82) is 0 Å². The molecule has 0 spiro atoms. The van der Waals surface area contributed by atoms with E-state index in [2.05, 4.69) is 45.0 Å². The highest BCUT2D eigenvalue weighted by Crippen LogP contribution is 2.36. The van der Waals surface area contributed by atoms with E-state index in [0.29, 0.717) is 5.41 Å². The number of likely N-dealkylation sites (N-methyl/N-ethyl adjacent to an activating group) is 1. The number of nitrogens with zero attached hydrogens (tertiary/aromatic N) is 1. The first-order chi connectivity index (χ1) is 8.41.